The molecule has 0 saturated heterocycles. The van der Waals surface area contributed by atoms with Crippen molar-refractivity contribution in [3.63, 3.8) is 0 Å². The Morgan fingerprint density at radius 3 is 1.37 bits per heavy atom. The molecule has 3 fully saturated rings. The highest BCUT2D eigenvalue weighted by Crippen LogP contribution is 2.36. The number of alkyl halides is 4. The number of rotatable bonds is 14. The number of H-pyrrole nitrogens is 3. The SMILES string of the molecule is CC(F)c1nc2oc(=O)cc(CCCC3CC3)c2c(=O)[nH]1.CCc1nc2oc(=O)cc(CCCC3CC3)c2c(=O)[nH]1.O=c1cc(CCCC2CC2)c2c(=O)[nH]c(C(F)(F)F)nc2o1. The standard InChI is InChI=1S/C15H17FN2O3.C15H18N2O3.C14H13F3N2O3/c1-8(16)13-17-14(20)12-10(4-2-3-9-5-6-9)7-11(19)21-15(12)18-13;1-2-11-16-14(19)13-10(5-3-4-9-6-7-9)8-12(18)20-15(13)17-11;15-14(16,17)13-18-11(21)10-8(3-1-2-7-4-5-7)6-9(20)22-12(10)19-13/h7-9H,2-6H2,1H3,(H,17,18,20);8-9H,2-7H2,1H3,(H,16,17,19);6-7H,1-5H2,(H,18,19,21). The molecular formula is C44H48F4N6O9. The molecule has 1 unspecified atom stereocenters. The number of aromatic amines is 3. The number of halogens is 4. The molecule has 63 heavy (non-hydrogen) atoms. The van der Waals surface area contributed by atoms with E-state index < -0.39 is 51.9 Å². The normalized spacial score (nSPS) is 15.5. The van der Waals surface area contributed by atoms with Gasteiger partial charge < -0.3 is 28.2 Å². The molecule has 19 heteroatoms. The van der Waals surface area contributed by atoms with Gasteiger partial charge in [0.2, 0.25) is 23.0 Å². The molecule has 1 atom stereocenters. The summed E-state index contributed by atoms with van der Waals surface area (Å²) in [6.45, 7) is 3.16. The molecule has 336 valence electrons. The molecule has 3 aliphatic carbocycles. The number of fused-ring (bicyclic) bond motifs is 3. The Morgan fingerprint density at radius 1 is 0.603 bits per heavy atom. The molecule has 0 amide bonds. The Balaban J connectivity index is 0.000000142. The minimum atomic E-state index is -4.81. The number of nitrogens with one attached hydrogen (secondary N) is 3. The second-order valence-electron chi connectivity index (χ2n) is 16.7. The van der Waals surface area contributed by atoms with Gasteiger partial charge >= 0.3 is 23.1 Å². The zero-order chi connectivity index (χ0) is 45.0. The van der Waals surface area contributed by atoms with Gasteiger partial charge in [-0.1, -0.05) is 64.7 Å². The van der Waals surface area contributed by atoms with Crippen LogP contribution in [0.3, 0.4) is 0 Å². The lowest BCUT2D eigenvalue weighted by Crippen LogP contribution is -2.21. The minimum Gasteiger partial charge on any atom is -0.403 e. The van der Waals surface area contributed by atoms with Gasteiger partial charge in [0.1, 0.15) is 27.8 Å². The van der Waals surface area contributed by atoms with E-state index in [0.29, 0.717) is 47.5 Å². The van der Waals surface area contributed by atoms with E-state index in [2.05, 4.69) is 29.3 Å². The quantitative estimate of drug-likeness (QED) is 0.0907. The van der Waals surface area contributed by atoms with Crippen molar-refractivity contribution in [2.45, 2.75) is 129 Å². The van der Waals surface area contributed by atoms with Crippen molar-refractivity contribution in [2.75, 3.05) is 0 Å². The topological polar surface area (TPSA) is 228 Å². The van der Waals surface area contributed by atoms with E-state index in [4.69, 9.17) is 8.83 Å². The van der Waals surface area contributed by atoms with Gasteiger partial charge in [-0.25, -0.2) is 18.8 Å². The van der Waals surface area contributed by atoms with Gasteiger partial charge in [0.05, 0.1) is 0 Å². The lowest BCUT2D eigenvalue weighted by atomic mass is 10.1. The Hall–Kier alpha value is -6.01. The number of hydrogen-bond acceptors (Lipinski definition) is 12. The molecule has 9 rings (SSSR count). The third kappa shape index (κ3) is 11.9. The molecule has 0 aromatic carbocycles. The molecule has 0 spiro atoms. The highest BCUT2D eigenvalue weighted by molar-refractivity contribution is 5.77. The average Bonchev–Trinajstić information content (AvgIpc) is 4.05. The maximum Gasteiger partial charge on any atom is 0.449 e. The van der Waals surface area contributed by atoms with Crippen LogP contribution in [0.25, 0.3) is 33.3 Å². The summed E-state index contributed by atoms with van der Waals surface area (Å²) < 4.78 is 65.9. The maximum atomic E-state index is 13.3. The Morgan fingerprint density at radius 2 is 0.984 bits per heavy atom. The Bertz CT molecular complexity index is 2970. The van der Waals surface area contributed by atoms with Crippen LogP contribution in [0.5, 0.6) is 0 Å². The van der Waals surface area contributed by atoms with Crippen molar-refractivity contribution in [2.24, 2.45) is 17.8 Å². The zero-order valence-electron chi connectivity index (χ0n) is 34.9. The second-order valence-corrected chi connectivity index (χ2v) is 16.7. The summed E-state index contributed by atoms with van der Waals surface area (Å²) in [6, 6.07) is 3.92. The fourth-order valence-corrected chi connectivity index (χ4v) is 7.55. The first-order valence-electron chi connectivity index (χ1n) is 21.5. The van der Waals surface area contributed by atoms with Gasteiger partial charge in [0, 0.05) is 24.6 Å². The third-order valence-corrected chi connectivity index (χ3v) is 11.4. The van der Waals surface area contributed by atoms with Crippen molar-refractivity contribution in [3.8, 4) is 0 Å². The van der Waals surface area contributed by atoms with Gasteiger partial charge in [0.25, 0.3) is 16.7 Å². The molecule has 0 bridgehead atoms. The molecular weight excluding hydrogens is 833 g/mol. The summed E-state index contributed by atoms with van der Waals surface area (Å²) in [5.41, 5.74) is -2.10. The van der Waals surface area contributed by atoms with E-state index in [9.17, 15) is 46.3 Å². The fraction of sp³-hybridized carbons (Fsp3) is 0.523. The molecule has 3 saturated carbocycles. The molecule has 6 aromatic rings. The summed E-state index contributed by atoms with van der Waals surface area (Å²) in [6.07, 6.45) is 9.67. The van der Waals surface area contributed by atoms with E-state index >= 15 is 0 Å². The van der Waals surface area contributed by atoms with E-state index in [1.165, 1.54) is 64.0 Å². The monoisotopic (exact) mass is 880 g/mol. The smallest absolute Gasteiger partial charge is 0.403 e. The number of nitrogens with zero attached hydrogens (tertiary/aromatic N) is 3. The first kappa shape index (κ1) is 45.0. The number of aromatic nitrogens is 6. The summed E-state index contributed by atoms with van der Waals surface area (Å²) >= 11 is 0. The zero-order valence-corrected chi connectivity index (χ0v) is 34.9. The summed E-state index contributed by atoms with van der Waals surface area (Å²) in [5.74, 6) is 1.30. The predicted molar refractivity (Wildman–Crippen MR) is 224 cm³/mol. The fourth-order valence-electron chi connectivity index (χ4n) is 7.55. The summed E-state index contributed by atoms with van der Waals surface area (Å²) in [7, 11) is 0. The second kappa shape index (κ2) is 19.2. The molecule has 6 aromatic heterocycles. The van der Waals surface area contributed by atoms with E-state index in [1.54, 1.807) is 4.98 Å². The summed E-state index contributed by atoms with van der Waals surface area (Å²) in [5, 5.41) is 0.607. The van der Waals surface area contributed by atoms with E-state index in [-0.39, 0.29) is 33.6 Å². The molecule has 3 N–H and O–H groups in total. The minimum absolute atomic E-state index is 0.0767. The predicted octanol–water partition coefficient (Wildman–Crippen LogP) is 7.44. The van der Waals surface area contributed by atoms with Crippen molar-refractivity contribution in [1.82, 2.24) is 29.9 Å². The van der Waals surface area contributed by atoms with Crippen molar-refractivity contribution >= 4 is 33.3 Å². The van der Waals surface area contributed by atoms with Crippen LogP contribution in [0, 0.1) is 17.8 Å². The van der Waals surface area contributed by atoms with Crippen LogP contribution in [0.1, 0.15) is 131 Å². The first-order valence-corrected chi connectivity index (χ1v) is 21.5. The van der Waals surface area contributed by atoms with Crippen LogP contribution < -0.4 is 33.6 Å². The van der Waals surface area contributed by atoms with Crippen LogP contribution in [-0.2, 0) is 31.9 Å². The lowest BCUT2D eigenvalue weighted by Gasteiger charge is -2.08. The van der Waals surface area contributed by atoms with E-state index in [1.807, 2.05) is 6.92 Å². The van der Waals surface area contributed by atoms with Crippen LogP contribution >= 0.6 is 0 Å². The highest BCUT2D eigenvalue weighted by atomic mass is 19.4. The highest BCUT2D eigenvalue weighted by Gasteiger charge is 2.35. The average molecular weight is 881 g/mol. The largest absolute Gasteiger partial charge is 0.449 e. The van der Waals surface area contributed by atoms with Crippen LogP contribution in [0.15, 0.2) is 60.2 Å². The Kier molecular flexibility index (Phi) is 13.7. The molecule has 6 heterocycles. The molecule has 3 aliphatic rings. The maximum absolute atomic E-state index is 13.3. The molecule has 15 nitrogen and oxygen atoms in total. The number of aryl methyl sites for hydroxylation is 4. The summed E-state index contributed by atoms with van der Waals surface area (Å²) in [4.78, 5) is 89.1. The molecule has 0 radical (unpaired) electrons. The first-order chi connectivity index (χ1) is 30.1. The van der Waals surface area contributed by atoms with Gasteiger partial charge in [-0.3, -0.25) is 14.4 Å². The van der Waals surface area contributed by atoms with Gasteiger partial charge in [-0.2, -0.15) is 28.1 Å². The van der Waals surface area contributed by atoms with Gasteiger partial charge in [0.15, 0.2) is 6.17 Å². The van der Waals surface area contributed by atoms with Crippen LogP contribution in [0.4, 0.5) is 17.6 Å². The van der Waals surface area contributed by atoms with Gasteiger partial charge in [-0.05, 0) is 79.9 Å². The lowest BCUT2D eigenvalue weighted by molar-refractivity contribution is -0.145. The molecule has 0 aliphatic heterocycles. The van der Waals surface area contributed by atoms with Crippen molar-refractivity contribution in [1.29, 1.82) is 0 Å². The Labute approximate surface area is 354 Å². The van der Waals surface area contributed by atoms with Crippen LogP contribution in [0.2, 0.25) is 0 Å². The van der Waals surface area contributed by atoms with Crippen molar-refractivity contribution in [3.05, 3.63) is 115 Å². The van der Waals surface area contributed by atoms with Crippen molar-refractivity contribution < 1.29 is 30.8 Å². The third-order valence-electron chi connectivity index (χ3n) is 11.4. The van der Waals surface area contributed by atoms with E-state index in [0.717, 1.165) is 62.0 Å². The van der Waals surface area contributed by atoms with Gasteiger partial charge in [-0.15, -0.1) is 0 Å². The number of hydrogen-bond donors (Lipinski definition) is 3. The van der Waals surface area contributed by atoms with Crippen LogP contribution in [-0.4, -0.2) is 29.9 Å².